The van der Waals surface area contributed by atoms with Crippen molar-refractivity contribution >= 4 is 52.0 Å². The van der Waals surface area contributed by atoms with Crippen molar-refractivity contribution in [2.45, 2.75) is 12.1 Å². The van der Waals surface area contributed by atoms with E-state index in [0.717, 1.165) is 22.8 Å². The number of thioether (sulfide) groups is 1. The average Bonchev–Trinajstić information content (AvgIpc) is 3.03. The minimum absolute atomic E-state index is 0.00854. The van der Waals surface area contributed by atoms with Crippen molar-refractivity contribution in [2.75, 3.05) is 17.7 Å². The Kier molecular flexibility index (Phi) is 5.80. The van der Waals surface area contributed by atoms with Crippen LogP contribution in [0.25, 0.3) is 11.1 Å². The number of carbonyl (C=O) groups is 2. The number of fused-ring (bicyclic) bond motifs is 1. The molecule has 0 spiro atoms. The van der Waals surface area contributed by atoms with Crippen molar-refractivity contribution in [1.29, 1.82) is 0 Å². The van der Waals surface area contributed by atoms with Gasteiger partial charge in [0.2, 0.25) is 0 Å². The maximum absolute atomic E-state index is 11.9. The predicted molar refractivity (Wildman–Crippen MR) is 101 cm³/mol. The SMILES string of the molecule is Cc1ccc(NC(=O)COC(=O)CSc2nc3ccccc3o2)c(Cl)c1. The van der Waals surface area contributed by atoms with Crippen molar-refractivity contribution in [3.05, 3.63) is 53.1 Å². The molecule has 1 aromatic heterocycles. The number of benzene rings is 2. The summed E-state index contributed by atoms with van der Waals surface area (Å²) in [5.74, 6) is -1.01. The highest BCUT2D eigenvalue weighted by Gasteiger charge is 2.12. The highest BCUT2D eigenvalue weighted by Crippen LogP contribution is 2.24. The molecule has 0 aliphatic rings. The minimum atomic E-state index is -0.539. The lowest BCUT2D eigenvalue weighted by atomic mass is 10.2. The number of oxazole rings is 1. The molecule has 0 bridgehead atoms. The fraction of sp³-hybridized carbons (Fsp3) is 0.167. The van der Waals surface area contributed by atoms with Crippen molar-refractivity contribution in [3.63, 3.8) is 0 Å². The first-order valence-corrected chi connectivity index (χ1v) is 9.07. The van der Waals surface area contributed by atoms with Gasteiger partial charge in [0.25, 0.3) is 11.1 Å². The van der Waals surface area contributed by atoms with Crippen LogP contribution in [0.1, 0.15) is 5.56 Å². The van der Waals surface area contributed by atoms with Crippen LogP contribution in [-0.4, -0.2) is 29.2 Å². The van der Waals surface area contributed by atoms with E-state index in [0.29, 0.717) is 21.5 Å². The van der Waals surface area contributed by atoms with Gasteiger partial charge in [-0.2, -0.15) is 0 Å². The summed E-state index contributed by atoms with van der Waals surface area (Å²) >= 11 is 7.15. The molecule has 2 aromatic carbocycles. The number of carbonyl (C=O) groups excluding carboxylic acids is 2. The molecule has 1 amide bonds. The van der Waals surface area contributed by atoms with Gasteiger partial charge in [-0.25, -0.2) is 4.98 Å². The van der Waals surface area contributed by atoms with E-state index >= 15 is 0 Å². The zero-order valence-electron chi connectivity index (χ0n) is 13.8. The zero-order chi connectivity index (χ0) is 18.5. The first-order valence-electron chi connectivity index (χ1n) is 7.71. The van der Waals surface area contributed by atoms with Crippen LogP contribution in [0.4, 0.5) is 5.69 Å². The molecule has 0 unspecified atom stereocenters. The molecule has 0 aliphatic heterocycles. The van der Waals surface area contributed by atoms with Crippen molar-refractivity contribution in [3.8, 4) is 0 Å². The van der Waals surface area contributed by atoms with Crippen LogP contribution >= 0.6 is 23.4 Å². The van der Waals surface area contributed by atoms with Crippen LogP contribution in [0, 0.1) is 6.92 Å². The number of para-hydroxylation sites is 2. The maximum atomic E-state index is 11.9. The zero-order valence-corrected chi connectivity index (χ0v) is 15.4. The Hall–Kier alpha value is -2.51. The van der Waals surface area contributed by atoms with Gasteiger partial charge in [-0.05, 0) is 36.8 Å². The Balaban J connectivity index is 1.45. The molecule has 0 saturated carbocycles. The summed E-state index contributed by atoms with van der Waals surface area (Å²) in [6.45, 7) is 1.50. The number of esters is 1. The molecule has 0 atom stereocenters. The molecule has 1 heterocycles. The van der Waals surface area contributed by atoms with Crippen LogP contribution < -0.4 is 5.32 Å². The van der Waals surface area contributed by atoms with Crippen molar-refractivity contribution in [1.82, 2.24) is 4.98 Å². The van der Waals surface area contributed by atoms with Gasteiger partial charge in [0.05, 0.1) is 10.7 Å². The summed E-state index contributed by atoms with van der Waals surface area (Å²) < 4.78 is 10.4. The largest absolute Gasteiger partial charge is 0.455 e. The van der Waals surface area contributed by atoms with E-state index in [-0.39, 0.29) is 5.75 Å². The van der Waals surface area contributed by atoms with Gasteiger partial charge in [0.1, 0.15) is 11.3 Å². The van der Waals surface area contributed by atoms with Gasteiger partial charge in [0, 0.05) is 0 Å². The number of amides is 1. The quantitative estimate of drug-likeness (QED) is 0.505. The number of ether oxygens (including phenoxy) is 1. The van der Waals surface area contributed by atoms with Crippen LogP contribution in [0.2, 0.25) is 5.02 Å². The van der Waals surface area contributed by atoms with Crippen LogP contribution in [0.3, 0.4) is 0 Å². The molecule has 134 valence electrons. The van der Waals surface area contributed by atoms with Gasteiger partial charge in [-0.1, -0.05) is 41.6 Å². The number of hydrogen-bond acceptors (Lipinski definition) is 6. The molecule has 8 heteroatoms. The van der Waals surface area contributed by atoms with E-state index in [4.69, 9.17) is 20.8 Å². The summed E-state index contributed by atoms with van der Waals surface area (Å²) in [6, 6.07) is 12.6. The van der Waals surface area contributed by atoms with Gasteiger partial charge in [-0.3, -0.25) is 9.59 Å². The maximum Gasteiger partial charge on any atom is 0.316 e. The number of hydrogen-bond donors (Lipinski definition) is 1. The van der Waals surface area contributed by atoms with E-state index in [9.17, 15) is 9.59 Å². The highest BCUT2D eigenvalue weighted by atomic mass is 35.5. The van der Waals surface area contributed by atoms with Crippen molar-refractivity contribution in [2.24, 2.45) is 0 Å². The highest BCUT2D eigenvalue weighted by molar-refractivity contribution is 7.99. The summed E-state index contributed by atoms with van der Waals surface area (Å²) in [4.78, 5) is 27.9. The lowest BCUT2D eigenvalue weighted by Crippen LogP contribution is -2.21. The fourth-order valence-electron chi connectivity index (χ4n) is 2.13. The monoisotopic (exact) mass is 390 g/mol. The van der Waals surface area contributed by atoms with E-state index in [2.05, 4.69) is 10.3 Å². The molecule has 3 rings (SSSR count). The second kappa shape index (κ2) is 8.25. The Morgan fingerprint density at radius 2 is 2.08 bits per heavy atom. The average molecular weight is 391 g/mol. The molecule has 0 radical (unpaired) electrons. The Labute approximate surface area is 158 Å². The number of anilines is 1. The van der Waals surface area contributed by atoms with Crippen LogP contribution in [-0.2, 0) is 14.3 Å². The van der Waals surface area contributed by atoms with E-state index in [1.807, 2.05) is 31.2 Å². The summed E-state index contributed by atoms with van der Waals surface area (Å²) in [6.07, 6.45) is 0. The lowest BCUT2D eigenvalue weighted by Gasteiger charge is -2.08. The number of nitrogens with one attached hydrogen (secondary N) is 1. The predicted octanol–water partition coefficient (Wildman–Crippen LogP) is 4.06. The first-order chi connectivity index (χ1) is 12.5. The standard InChI is InChI=1S/C18H15ClN2O4S/c1-11-6-7-13(12(19)8-11)20-16(22)9-24-17(23)10-26-18-21-14-4-2-3-5-15(14)25-18/h2-8H,9-10H2,1H3,(H,20,22). The molecular weight excluding hydrogens is 376 g/mol. The van der Waals surface area contributed by atoms with E-state index in [1.54, 1.807) is 18.2 Å². The van der Waals surface area contributed by atoms with E-state index in [1.165, 1.54) is 0 Å². The number of halogens is 1. The molecule has 26 heavy (non-hydrogen) atoms. The van der Waals surface area contributed by atoms with E-state index < -0.39 is 18.5 Å². The number of aryl methyl sites for hydroxylation is 1. The molecule has 0 aliphatic carbocycles. The number of rotatable bonds is 6. The minimum Gasteiger partial charge on any atom is -0.455 e. The second-order valence-electron chi connectivity index (χ2n) is 5.43. The normalized spacial score (nSPS) is 10.7. The third kappa shape index (κ3) is 4.77. The molecule has 3 aromatic rings. The molecular formula is C18H15ClN2O4S. The number of aromatic nitrogens is 1. The molecule has 6 nitrogen and oxygen atoms in total. The van der Waals surface area contributed by atoms with Gasteiger partial charge in [-0.15, -0.1) is 0 Å². The Morgan fingerprint density at radius 1 is 1.27 bits per heavy atom. The smallest absolute Gasteiger partial charge is 0.316 e. The summed E-state index contributed by atoms with van der Waals surface area (Å²) in [5, 5.41) is 3.40. The Bertz CT molecular complexity index is 924. The number of nitrogens with zero attached hydrogens (tertiary/aromatic N) is 1. The molecule has 0 saturated heterocycles. The third-order valence-corrected chi connectivity index (χ3v) is 4.47. The molecule has 0 fully saturated rings. The Morgan fingerprint density at radius 3 is 2.85 bits per heavy atom. The lowest BCUT2D eigenvalue weighted by molar-refractivity contribution is -0.144. The van der Waals surface area contributed by atoms with Crippen LogP contribution in [0.5, 0.6) is 0 Å². The summed E-state index contributed by atoms with van der Waals surface area (Å²) in [5.41, 5.74) is 2.82. The fourth-order valence-corrected chi connectivity index (χ4v) is 3.05. The third-order valence-electron chi connectivity index (χ3n) is 3.35. The van der Waals surface area contributed by atoms with Crippen molar-refractivity contribution < 1.29 is 18.7 Å². The van der Waals surface area contributed by atoms with Gasteiger partial charge < -0.3 is 14.5 Å². The van der Waals surface area contributed by atoms with Gasteiger partial charge in [0.15, 0.2) is 12.2 Å². The topological polar surface area (TPSA) is 81.4 Å². The second-order valence-corrected chi connectivity index (χ2v) is 6.76. The van der Waals surface area contributed by atoms with Crippen LogP contribution in [0.15, 0.2) is 52.1 Å². The first kappa shape index (κ1) is 18.3. The summed E-state index contributed by atoms with van der Waals surface area (Å²) in [7, 11) is 0. The molecule has 1 N–H and O–H groups in total. The van der Waals surface area contributed by atoms with Gasteiger partial charge >= 0.3 is 5.97 Å².